The van der Waals surface area contributed by atoms with Gasteiger partial charge in [0.1, 0.15) is 11.6 Å². The summed E-state index contributed by atoms with van der Waals surface area (Å²) in [6.07, 6.45) is 0.815. The van der Waals surface area contributed by atoms with Gasteiger partial charge in [0.2, 0.25) is 0 Å². The molecule has 0 radical (unpaired) electrons. The minimum absolute atomic E-state index is 0.0226. The molecular weight excluding hydrogens is 310 g/mol. The van der Waals surface area contributed by atoms with E-state index in [0.717, 1.165) is 25.1 Å². The van der Waals surface area contributed by atoms with Crippen molar-refractivity contribution in [3.63, 3.8) is 0 Å². The van der Waals surface area contributed by atoms with E-state index in [4.69, 9.17) is 0 Å². The SMILES string of the molecule is O=C(c1ccccc1)N1CCCN(Cc2cc(F)ccc2F)CC1. The maximum Gasteiger partial charge on any atom is 0.253 e. The van der Waals surface area contributed by atoms with Gasteiger partial charge in [-0.15, -0.1) is 0 Å². The summed E-state index contributed by atoms with van der Waals surface area (Å²) in [6, 6.07) is 12.7. The second kappa shape index (κ2) is 7.53. The summed E-state index contributed by atoms with van der Waals surface area (Å²) in [5, 5.41) is 0. The molecule has 0 aromatic heterocycles. The number of amides is 1. The molecule has 5 heteroatoms. The van der Waals surface area contributed by atoms with Crippen LogP contribution in [0.25, 0.3) is 0 Å². The lowest BCUT2D eigenvalue weighted by molar-refractivity contribution is 0.0761. The zero-order valence-electron chi connectivity index (χ0n) is 13.4. The first kappa shape index (κ1) is 16.6. The molecule has 0 saturated carbocycles. The van der Waals surface area contributed by atoms with Crippen LogP contribution in [0, 0.1) is 11.6 Å². The molecule has 126 valence electrons. The van der Waals surface area contributed by atoms with Gasteiger partial charge in [-0.2, -0.15) is 0 Å². The number of carbonyl (C=O) groups is 1. The highest BCUT2D eigenvalue weighted by Gasteiger charge is 2.20. The summed E-state index contributed by atoms with van der Waals surface area (Å²) in [5.74, 6) is -0.797. The van der Waals surface area contributed by atoms with Gasteiger partial charge in [-0.25, -0.2) is 8.78 Å². The Balaban J connectivity index is 1.63. The molecule has 0 bridgehead atoms. The van der Waals surface area contributed by atoms with Crippen molar-refractivity contribution in [1.29, 1.82) is 0 Å². The molecule has 2 aromatic rings. The molecule has 1 aliphatic rings. The highest BCUT2D eigenvalue weighted by atomic mass is 19.1. The molecule has 1 saturated heterocycles. The smallest absolute Gasteiger partial charge is 0.253 e. The van der Waals surface area contributed by atoms with Gasteiger partial charge in [0.05, 0.1) is 0 Å². The molecule has 0 aliphatic carbocycles. The summed E-state index contributed by atoms with van der Waals surface area (Å²) in [5.41, 5.74) is 1.04. The number of rotatable bonds is 3. The fraction of sp³-hybridized carbons (Fsp3) is 0.316. The van der Waals surface area contributed by atoms with Gasteiger partial charge in [-0.1, -0.05) is 18.2 Å². The molecule has 2 aromatic carbocycles. The summed E-state index contributed by atoms with van der Waals surface area (Å²) in [6.45, 7) is 3.03. The number of carbonyl (C=O) groups excluding carboxylic acids is 1. The molecule has 0 atom stereocenters. The van der Waals surface area contributed by atoms with E-state index in [1.54, 1.807) is 0 Å². The number of nitrogens with zero attached hydrogens (tertiary/aromatic N) is 2. The molecule has 1 amide bonds. The molecule has 0 N–H and O–H groups in total. The maximum absolute atomic E-state index is 13.8. The van der Waals surface area contributed by atoms with Crippen LogP contribution in [0.5, 0.6) is 0 Å². The first-order chi connectivity index (χ1) is 11.6. The monoisotopic (exact) mass is 330 g/mol. The highest BCUT2D eigenvalue weighted by molar-refractivity contribution is 5.94. The average Bonchev–Trinajstić information content (AvgIpc) is 2.84. The van der Waals surface area contributed by atoms with E-state index in [1.165, 1.54) is 6.07 Å². The summed E-state index contributed by atoms with van der Waals surface area (Å²) < 4.78 is 27.1. The summed E-state index contributed by atoms with van der Waals surface area (Å²) in [7, 11) is 0. The normalized spacial score (nSPS) is 16.0. The topological polar surface area (TPSA) is 23.6 Å². The third-order valence-corrected chi connectivity index (χ3v) is 4.30. The molecule has 0 unspecified atom stereocenters. The molecule has 3 nitrogen and oxygen atoms in total. The van der Waals surface area contributed by atoms with Gasteiger partial charge >= 0.3 is 0 Å². The van der Waals surface area contributed by atoms with Gasteiger partial charge in [-0.05, 0) is 36.8 Å². The van der Waals surface area contributed by atoms with Crippen LogP contribution in [0.4, 0.5) is 8.78 Å². The van der Waals surface area contributed by atoms with E-state index in [9.17, 15) is 13.6 Å². The van der Waals surface area contributed by atoms with Crippen molar-refractivity contribution < 1.29 is 13.6 Å². The Morgan fingerprint density at radius 1 is 0.958 bits per heavy atom. The Morgan fingerprint density at radius 2 is 1.75 bits per heavy atom. The van der Waals surface area contributed by atoms with Crippen LogP contribution in [-0.2, 0) is 6.54 Å². The van der Waals surface area contributed by atoms with Crippen LogP contribution in [0.3, 0.4) is 0 Å². The van der Waals surface area contributed by atoms with E-state index in [-0.39, 0.29) is 5.91 Å². The molecule has 1 aliphatic heterocycles. The molecule has 3 rings (SSSR count). The lowest BCUT2D eigenvalue weighted by Gasteiger charge is -2.22. The van der Waals surface area contributed by atoms with Crippen molar-refractivity contribution in [2.24, 2.45) is 0 Å². The van der Waals surface area contributed by atoms with E-state index in [0.29, 0.717) is 37.3 Å². The summed E-state index contributed by atoms with van der Waals surface area (Å²) in [4.78, 5) is 16.4. The van der Waals surface area contributed by atoms with Crippen LogP contribution >= 0.6 is 0 Å². The van der Waals surface area contributed by atoms with Crippen LogP contribution in [-0.4, -0.2) is 41.9 Å². The fourth-order valence-electron chi connectivity index (χ4n) is 3.00. The highest BCUT2D eigenvalue weighted by Crippen LogP contribution is 2.15. The van der Waals surface area contributed by atoms with Crippen molar-refractivity contribution in [2.45, 2.75) is 13.0 Å². The molecule has 1 heterocycles. The largest absolute Gasteiger partial charge is 0.337 e. The van der Waals surface area contributed by atoms with Crippen LogP contribution in [0.2, 0.25) is 0 Å². The zero-order valence-corrected chi connectivity index (χ0v) is 13.4. The van der Waals surface area contributed by atoms with Gasteiger partial charge in [0.25, 0.3) is 5.91 Å². The van der Waals surface area contributed by atoms with E-state index < -0.39 is 11.6 Å². The Morgan fingerprint density at radius 3 is 2.54 bits per heavy atom. The Labute approximate surface area is 140 Å². The Kier molecular flexibility index (Phi) is 5.20. The first-order valence-corrected chi connectivity index (χ1v) is 8.14. The van der Waals surface area contributed by atoms with Crippen molar-refractivity contribution in [1.82, 2.24) is 9.80 Å². The van der Waals surface area contributed by atoms with Gasteiger partial charge < -0.3 is 4.90 Å². The third kappa shape index (κ3) is 3.97. The number of hydrogen-bond acceptors (Lipinski definition) is 2. The van der Waals surface area contributed by atoms with Gasteiger partial charge in [0.15, 0.2) is 0 Å². The van der Waals surface area contributed by atoms with Crippen molar-refractivity contribution in [3.8, 4) is 0 Å². The summed E-state index contributed by atoms with van der Waals surface area (Å²) >= 11 is 0. The second-order valence-electron chi connectivity index (χ2n) is 6.02. The first-order valence-electron chi connectivity index (χ1n) is 8.14. The standard InChI is InChI=1S/C19H20F2N2O/c20-17-7-8-18(21)16(13-17)14-22-9-4-10-23(12-11-22)19(24)15-5-2-1-3-6-15/h1-3,5-8,13H,4,9-12,14H2. The molecular formula is C19H20F2N2O. The van der Waals surface area contributed by atoms with Crippen LogP contribution < -0.4 is 0 Å². The van der Waals surface area contributed by atoms with Crippen LogP contribution in [0.15, 0.2) is 48.5 Å². The predicted octanol–water partition coefficient (Wildman–Crippen LogP) is 3.31. The Hall–Kier alpha value is -2.27. The van der Waals surface area contributed by atoms with Crippen molar-refractivity contribution in [3.05, 3.63) is 71.3 Å². The van der Waals surface area contributed by atoms with E-state index in [1.807, 2.05) is 35.2 Å². The zero-order chi connectivity index (χ0) is 16.9. The van der Waals surface area contributed by atoms with Gasteiger partial charge in [-0.3, -0.25) is 9.69 Å². The predicted molar refractivity (Wildman–Crippen MR) is 88.6 cm³/mol. The minimum Gasteiger partial charge on any atom is -0.337 e. The number of hydrogen-bond donors (Lipinski definition) is 0. The van der Waals surface area contributed by atoms with Crippen molar-refractivity contribution in [2.75, 3.05) is 26.2 Å². The lowest BCUT2D eigenvalue weighted by atomic mass is 10.2. The quantitative estimate of drug-likeness (QED) is 0.862. The van der Waals surface area contributed by atoms with Crippen molar-refractivity contribution >= 4 is 5.91 Å². The molecule has 24 heavy (non-hydrogen) atoms. The number of halogens is 2. The third-order valence-electron chi connectivity index (χ3n) is 4.30. The Bertz CT molecular complexity index is 706. The molecule has 0 spiro atoms. The van der Waals surface area contributed by atoms with E-state index in [2.05, 4.69) is 4.90 Å². The lowest BCUT2D eigenvalue weighted by Crippen LogP contribution is -2.35. The molecule has 1 fully saturated rings. The average molecular weight is 330 g/mol. The van der Waals surface area contributed by atoms with Crippen LogP contribution in [0.1, 0.15) is 22.3 Å². The fourth-order valence-corrected chi connectivity index (χ4v) is 3.00. The van der Waals surface area contributed by atoms with E-state index >= 15 is 0 Å². The maximum atomic E-state index is 13.8. The second-order valence-corrected chi connectivity index (χ2v) is 6.02. The van der Waals surface area contributed by atoms with Gasteiger partial charge in [0, 0.05) is 43.9 Å². The number of benzene rings is 2. The minimum atomic E-state index is -0.429.